The minimum Gasteiger partial charge on any atom is -0.289 e. The molecule has 0 radical (unpaired) electrons. The molecule has 1 atom stereocenters. The summed E-state index contributed by atoms with van der Waals surface area (Å²) in [5.74, 6) is 0. The van der Waals surface area contributed by atoms with Crippen LogP contribution in [0.4, 0.5) is 0 Å². The smallest absolute Gasteiger partial charge is 0.186 e. The van der Waals surface area contributed by atoms with E-state index in [1.165, 1.54) is 27.6 Å². The summed E-state index contributed by atoms with van der Waals surface area (Å²) in [4.78, 5) is 13.0. The molecule has 128 valence electrons. The van der Waals surface area contributed by atoms with Gasteiger partial charge in [0.15, 0.2) is 5.52 Å². The standard InChI is InChI=1S/C22H29OP/c1-13-9-16(4)20(17(5)10-13)24-21(23)19-14(2)11-18(12-15(19)3)22(6,7)8/h9-12,24H,1-8H3. The first-order valence-corrected chi connectivity index (χ1v) is 9.51. The maximum absolute atomic E-state index is 13.0. The summed E-state index contributed by atoms with van der Waals surface area (Å²) in [5.41, 5.74) is 8.44. The van der Waals surface area contributed by atoms with Gasteiger partial charge in [0, 0.05) is 5.56 Å². The summed E-state index contributed by atoms with van der Waals surface area (Å²) in [6.07, 6.45) is 0. The van der Waals surface area contributed by atoms with Crippen LogP contribution in [-0.4, -0.2) is 5.52 Å². The molecule has 2 aromatic rings. The second-order valence-corrected chi connectivity index (χ2v) is 9.17. The molecule has 2 heteroatoms. The van der Waals surface area contributed by atoms with E-state index in [1.54, 1.807) is 0 Å². The first kappa shape index (κ1) is 18.9. The Morgan fingerprint density at radius 2 is 1.25 bits per heavy atom. The lowest BCUT2D eigenvalue weighted by Gasteiger charge is -2.22. The van der Waals surface area contributed by atoms with Crippen LogP contribution in [0.15, 0.2) is 24.3 Å². The summed E-state index contributed by atoms with van der Waals surface area (Å²) in [5, 5.41) is 1.20. The molecular weight excluding hydrogens is 311 g/mol. The Kier molecular flexibility index (Phi) is 5.35. The maximum atomic E-state index is 13.0. The normalized spacial score (nSPS) is 12.2. The van der Waals surface area contributed by atoms with Gasteiger partial charge in [0.2, 0.25) is 0 Å². The first-order valence-electron chi connectivity index (χ1n) is 8.51. The summed E-state index contributed by atoms with van der Waals surface area (Å²) in [6, 6.07) is 8.70. The molecule has 1 unspecified atom stereocenters. The number of rotatable bonds is 3. The highest BCUT2D eigenvalue weighted by molar-refractivity contribution is 7.66. The highest BCUT2D eigenvalue weighted by Crippen LogP contribution is 2.31. The van der Waals surface area contributed by atoms with E-state index < -0.39 is 0 Å². The molecule has 0 heterocycles. The van der Waals surface area contributed by atoms with Gasteiger partial charge in [-0.3, -0.25) is 4.79 Å². The van der Waals surface area contributed by atoms with Gasteiger partial charge in [-0.15, -0.1) is 0 Å². The summed E-state index contributed by atoms with van der Waals surface area (Å²) < 4.78 is 0. The van der Waals surface area contributed by atoms with Gasteiger partial charge in [0.25, 0.3) is 0 Å². The van der Waals surface area contributed by atoms with E-state index in [-0.39, 0.29) is 19.5 Å². The van der Waals surface area contributed by atoms with Crippen LogP contribution in [0.5, 0.6) is 0 Å². The lowest BCUT2D eigenvalue weighted by atomic mass is 9.84. The Morgan fingerprint density at radius 1 is 0.792 bits per heavy atom. The third-order valence-corrected chi connectivity index (χ3v) is 6.06. The van der Waals surface area contributed by atoms with Crippen LogP contribution in [0.1, 0.15) is 64.5 Å². The molecule has 0 aliphatic heterocycles. The van der Waals surface area contributed by atoms with E-state index in [9.17, 15) is 4.79 Å². The molecule has 0 saturated heterocycles. The zero-order valence-electron chi connectivity index (χ0n) is 16.2. The van der Waals surface area contributed by atoms with Gasteiger partial charge in [-0.1, -0.05) is 50.6 Å². The molecule has 0 bridgehead atoms. The van der Waals surface area contributed by atoms with Crippen LogP contribution in [0.2, 0.25) is 0 Å². The van der Waals surface area contributed by atoms with Gasteiger partial charge in [-0.25, -0.2) is 0 Å². The van der Waals surface area contributed by atoms with Crippen molar-refractivity contribution in [2.45, 2.75) is 60.8 Å². The van der Waals surface area contributed by atoms with Crippen molar-refractivity contribution in [3.05, 3.63) is 63.2 Å². The predicted molar refractivity (Wildman–Crippen MR) is 108 cm³/mol. The molecule has 0 amide bonds. The van der Waals surface area contributed by atoms with E-state index in [0.717, 1.165) is 16.7 Å². The second-order valence-electron chi connectivity index (χ2n) is 7.96. The highest BCUT2D eigenvalue weighted by atomic mass is 31.1. The molecule has 2 rings (SSSR count). The van der Waals surface area contributed by atoms with Crippen molar-refractivity contribution < 1.29 is 4.79 Å². The molecule has 1 nitrogen and oxygen atoms in total. The minimum atomic E-state index is 0.101. The minimum absolute atomic E-state index is 0.101. The molecule has 0 N–H and O–H groups in total. The van der Waals surface area contributed by atoms with E-state index in [0.29, 0.717) is 0 Å². The summed E-state index contributed by atoms with van der Waals surface area (Å²) >= 11 is 0. The molecule has 0 aromatic heterocycles. The van der Waals surface area contributed by atoms with Crippen molar-refractivity contribution in [1.82, 2.24) is 0 Å². The fourth-order valence-corrected chi connectivity index (χ4v) is 4.59. The molecule has 0 saturated carbocycles. The average Bonchev–Trinajstić information content (AvgIpc) is 2.40. The zero-order valence-corrected chi connectivity index (χ0v) is 17.2. The SMILES string of the molecule is Cc1cc(C)c(PC(=O)c2c(C)cc(C(C)(C)C)cc2C)c(C)c1. The van der Waals surface area contributed by atoms with Crippen molar-refractivity contribution in [2.75, 3.05) is 0 Å². The average molecular weight is 340 g/mol. The quantitative estimate of drug-likeness (QED) is 0.658. The van der Waals surface area contributed by atoms with E-state index in [1.807, 2.05) is 0 Å². The van der Waals surface area contributed by atoms with Crippen LogP contribution in [0.25, 0.3) is 0 Å². The monoisotopic (exact) mass is 340 g/mol. The fraction of sp³-hybridized carbons (Fsp3) is 0.409. The Balaban J connectivity index is 2.42. The molecule has 2 aromatic carbocycles. The van der Waals surface area contributed by atoms with Gasteiger partial charge in [0.05, 0.1) is 0 Å². The van der Waals surface area contributed by atoms with E-state index in [2.05, 4.69) is 79.7 Å². The van der Waals surface area contributed by atoms with Gasteiger partial charge < -0.3 is 0 Å². The van der Waals surface area contributed by atoms with Crippen LogP contribution in [-0.2, 0) is 5.41 Å². The van der Waals surface area contributed by atoms with Crippen molar-refractivity contribution in [1.29, 1.82) is 0 Å². The molecule has 0 aliphatic rings. The van der Waals surface area contributed by atoms with Crippen LogP contribution in [0, 0.1) is 34.6 Å². The summed E-state index contributed by atoms with van der Waals surface area (Å²) in [7, 11) is 0.187. The Hall–Kier alpha value is -1.46. The van der Waals surface area contributed by atoms with Gasteiger partial charge in [0.1, 0.15) is 0 Å². The lowest BCUT2D eigenvalue weighted by molar-refractivity contribution is 0.108. The fourth-order valence-electron chi connectivity index (χ4n) is 3.31. The largest absolute Gasteiger partial charge is 0.289 e. The molecule has 0 spiro atoms. The first-order chi connectivity index (χ1) is 11.0. The molecule has 0 fully saturated rings. The highest BCUT2D eigenvalue weighted by Gasteiger charge is 2.20. The van der Waals surface area contributed by atoms with Crippen molar-refractivity contribution in [2.24, 2.45) is 0 Å². The molecule has 24 heavy (non-hydrogen) atoms. The number of carbonyl (C=O) groups is 1. The molecular formula is C22H29OP. The Morgan fingerprint density at radius 3 is 1.67 bits per heavy atom. The van der Waals surface area contributed by atoms with Crippen LogP contribution < -0.4 is 5.30 Å². The number of hydrogen-bond acceptors (Lipinski definition) is 1. The summed E-state index contributed by atoms with van der Waals surface area (Å²) in [6.45, 7) is 17.1. The number of carbonyl (C=O) groups excluding carboxylic acids is 1. The van der Waals surface area contributed by atoms with Crippen molar-refractivity contribution in [3.63, 3.8) is 0 Å². The third-order valence-electron chi connectivity index (χ3n) is 4.54. The zero-order chi connectivity index (χ0) is 18.2. The van der Waals surface area contributed by atoms with Crippen molar-refractivity contribution >= 4 is 19.4 Å². The van der Waals surface area contributed by atoms with E-state index in [4.69, 9.17) is 0 Å². The van der Waals surface area contributed by atoms with Crippen LogP contribution in [0.3, 0.4) is 0 Å². The third kappa shape index (κ3) is 3.95. The topological polar surface area (TPSA) is 17.1 Å². The van der Waals surface area contributed by atoms with Crippen LogP contribution >= 0.6 is 8.58 Å². The van der Waals surface area contributed by atoms with Gasteiger partial charge in [-0.05, 0) is 81.7 Å². The molecule has 0 aliphatic carbocycles. The van der Waals surface area contributed by atoms with Crippen molar-refractivity contribution in [3.8, 4) is 0 Å². The number of hydrogen-bond donors (Lipinski definition) is 0. The lowest BCUT2D eigenvalue weighted by Crippen LogP contribution is -2.14. The van der Waals surface area contributed by atoms with Gasteiger partial charge in [-0.2, -0.15) is 0 Å². The van der Waals surface area contributed by atoms with E-state index >= 15 is 0 Å². The maximum Gasteiger partial charge on any atom is 0.186 e. The number of benzene rings is 2. The Labute approximate surface area is 148 Å². The number of aryl methyl sites for hydroxylation is 5. The second kappa shape index (κ2) is 6.81. The predicted octanol–water partition coefficient (Wildman–Crippen LogP) is 5.67. The van der Waals surface area contributed by atoms with Gasteiger partial charge >= 0.3 is 0 Å². The Bertz CT molecular complexity index is 748.